The van der Waals surface area contributed by atoms with Gasteiger partial charge in [-0.3, -0.25) is 19.2 Å². The molecule has 0 aromatic rings. The summed E-state index contributed by atoms with van der Waals surface area (Å²) in [6, 6.07) is 0. The lowest BCUT2D eigenvalue weighted by Gasteiger charge is -2.32. The van der Waals surface area contributed by atoms with Crippen LogP contribution in [0.3, 0.4) is 0 Å². The lowest BCUT2D eigenvalue weighted by Crippen LogP contribution is -2.44. The third-order valence-electron chi connectivity index (χ3n) is 10.3. The molecule has 0 aliphatic rings. The topological polar surface area (TPSA) is 108 Å². The van der Waals surface area contributed by atoms with Gasteiger partial charge >= 0.3 is 23.9 Å². The molecule has 0 radical (unpaired) electrons. The fourth-order valence-electron chi connectivity index (χ4n) is 6.69. The second-order valence-electron chi connectivity index (χ2n) is 15.9. The first-order valence-corrected chi connectivity index (χ1v) is 21.8. The minimum atomic E-state index is -1.21. The van der Waals surface area contributed by atoms with E-state index in [0.717, 1.165) is 96.4 Å². The maximum absolute atomic E-state index is 13.4. The number of unbranched alkanes of at least 4 members (excludes halogenated alkanes) is 11. The summed E-state index contributed by atoms with van der Waals surface area (Å²) >= 11 is 0. The van der Waals surface area contributed by atoms with Crippen molar-refractivity contribution in [3.8, 4) is 0 Å². The van der Waals surface area contributed by atoms with Gasteiger partial charge < -0.3 is 23.8 Å². The zero-order valence-corrected chi connectivity index (χ0v) is 35.6. The highest BCUT2D eigenvalue weighted by Crippen LogP contribution is 2.32. The Bertz CT molecular complexity index is 885. The maximum atomic E-state index is 13.4. The van der Waals surface area contributed by atoms with E-state index in [-0.39, 0.29) is 63.6 Å². The molecule has 1 atom stereocenters. The summed E-state index contributed by atoms with van der Waals surface area (Å²) in [7, 11) is 3.90. The average Bonchev–Trinajstić information content (AvgIpc) is 3.14. The van der Waals surface area contributed by atoms with E-state index in [1.54, 1.807) is 0 Å². The molecule has 0 N–H and O–H groups in total. The quantitative estimate of drug-likeness (QED) is 0.0348. The molecule has 9 heteroatoms. The predicted molar refractivity (Wildman–Crippen MR) is 216 cm³/mol. The average molecular weight is 754 g/mol. The molecule has 0 bridgehead atoms. The van der Waals surface area contributed by atoms with Crippen LogP contribution in [0.4, 0.5) is 0 Å². The highest BCUT2D eigenvalue weighted by atomic mass is 16.6. The van der Waals surface area contributed by atoms with Crippen LogP contribution in [0.25, 0.3) is 0 Å². The van der Waals surface area contributed by atoms with Gasteiger partial charge in [0.2, 0.25) is 0 Å². The van der Waals surface area contributed by atoms with Crippen molar-refractivity contribution in [3.63, 3.8) is 0 Å². The van der Waals surface area contributed by atoms with E-state index in [1.807, 2.05) is 19.0 Å². The van der Waals surface area contributed by atoms with Gasteiger partial charge in [-0.1, -0.05) is 144 Å². The van der Waals surface area contributed by atoms with Gasteiger partial charge in [0.25, 0.3) is 0 Å². The van der Waals surface area contributed by atoms with Crippen LogP contribution in [0.2, 0.25) is 0 Å². The molecule has 9 nitrogen and oxygen atoms in total. The first kappa shape index (κ1) is 50.8. The number of carbonyl (C=O) groups is 4. The Morgan fingerprint density at radius 3 is 1.09 bits per heavy atom. The van der Waals surface area contributed by atoms with Crippen LogP contribution in [-0.4, -0.2) is 75.8 Å². The number of rotatable bonds is 37. The lowest BCUT2D eigenvalue weighted by molar-refractivity contribution is -0.171. The van der Waals surface area contributed by atoms with E-state index in [9.17, 15) is 19.2 Å². The Balaban J connectivity index is 5.97. The number of carbonyl (C=O) groups excluding carboxylic acids is 4. The van der Waals surface area contributed by atoms with E-state index in [2.05, 4.69) is 34.6 Å². The van der Waals surface area contributed by atoms with Gasteiger partial charge in [0.05, 0.1) is 0 Å². The molecule has 0 aromatic carbocycles. The smallest absolute Gasteiger partial charge is 0.305 e. The van der Waals surface area contributed by atoms with Gasteiger partial charge in [-0.15, -0.1) is 0 Å². The van der Waals surface area contributed by atoms with E-state index in [1.165, 1.54) is 38.5 Å². The van der Waals surface area contributed by atoms with Crippen molar-refractivity contribution in [1.82, 2.24) is 4.90 Å². The van der Waals surface area contributed by atoms with Crippen molar-refractivity contribution in [2.24, 2.45) is 17.3 Å². The number of esters is 4. The molecule has 0 fully saturated rings. The summed E-state index contributed by atoms with van der Waals surface area (Å²) in [5, 5.41) is 0. The minimum Gasteiger partial charge on any atom is -0.465 e. The van der Waals surface area contributed by atoms with Crippen molar-refractivity contribution >= 4 is 23.9 Å². The zero-order valence-electron chi connectivity index (χ0n) is 35.6. The van der Waals surface area contributed by atoms with E-state index < -0.39 is 11.4 Å². The molecule has 0 saturated heterocycles. The molecule has 0 heterocycles. The van der Waals surface area contributed by atoms with Crippen molar-refractivity contribution in [1.29, 1.82) is 0 Å². The minimum absolute atomic E-state index is 0.181. The molecule has 0 saturated carbocycles. The van der Waals surface area contributed by atoms with E-state index >= 15 is 0 Å². The predicted octanol–water partition coefficient (Wildman–Crippen LogP) is 10.8. The van der Waals surface area contributed by atoms with Crippen LogP contribution in [0.5, 0.6) is 0 Å². The number of nitrogens with zero attached hydrogens (tertiary/aromatic N) is 1. The molecule has 53 heavy (non-hydrogen) atoms. The van der Waals surface area contributed by atoms with Gasteiger partial charge in [-0.05, 0) is 58.2 Å². The molecule has 0 aliphatic heterocycles. The fraction of sp³-hybridized carbons (Fsp3) is 0.909. The van der Waals surface area contributed by atoms with Crippen LogP contribution < -0.4 is 0 Å². The standard InChI is InChI=1S/C44H83NO8/c1-8-13-18-20-22-28-40(46)50-34-44(36-52-42(48)30-24-33-45(6)7,35-51-41(47)29-23-21-19-14-9-2)37-53-43(49)32-31-39(27-17-12-5)38(25-15-10-3)26-16-11-4/h38-39H,8-37H2,1-7H3. The largest absolute Gasteiger partial charge is 0.465 e. The highest BCUT2D eigenvalue weighted by Gasteiger charge is 2.38. The molecule has 1 unspecified atom stereocenters. The first-order valence-electron chi connectivity index (χ1n) is 21.8. The maximum Gasteiger partial charge on any atom is 0.305 e. The molecule has 312 valence electrons. The Morgan fingerprint density at radius 2 is 0.736 bits per heavy atom. The number of ether oxygens (including phenoxy) is 4. The van der Waals surface area contributed by atoms with Crippen LogP contribution in [0, 0.1) is 17.3 Å². The third kappa shape index (κ3) is 28.9. The number of hydrogen-bond donors (Lipinski definition) is 0. The van der Waals surface area contributed by atoms with Crippen molar-refractivity contribution < 1.29 is 38.1 Å². The van der Waals surface area contributed by atoms with Gasteiger partial charge in [-0.2, -0.15) is 0 Å². The zero-order chi connectivity index (χ0) is 39.6. The summed E-state index contributed by atoms with van der Waals surface area (Å²) in [6.07, 6.45) is 22.9. The van der Waals surface area contributed by atoms with Crippen LogP contribution in [-0.2, 0) is 38.1 Å². The number of hydrogen-bond acceptors (Lipinski definition) is 9. The lowest BCUT2D eigenvalue weighted by atomic mass is 9.79. The molecular formula is C44H83NO8. The molecular weight excluding hydrogens is 670 g/mol. The Labute approximate surface area is 325 Å². The van der Waals surface area contributed by atoms with Gasteiger partial charge in [-0.25, -0.2) is 0 Å². The first-order chi connectivity index (χ1) is 25.6. The molecule has 0 amide bonds. The van der Waals surface area contributed by atoms with E-state index in [4.69, 9.17) is 18.9 Å². The normalized spacial score (nSPS) is 12.2. The van der Waals surface area contributed by atoms with Gasteiger partial charge in [0, 0.05) is 25.7 Å². The van der Waals surface area contributed by atoms with Crippen LogP contribution >= 0.6 is 0 Å². The Kier molecular flexibility index (Phi) is 32.9. The molecule has 0 spiro atoms. The van der Waals surface area contributed by atoms with Crippen LogP contribution in [0.1, 0.15) is 195 Å². The van der Waals surface area contributed by atoms with Crippen molar-refractivity contribution in [2.45, 2.75) is 195 Å². The van der Waals surface area contributed by atoms with Gasteiger partial charge in [0.1, 0.15) is 31.8 Å². The van der Waals surface area contributed by atoms with Crippen molar-refractivity contribution in [2.75, 3.05) is 47.1 Å². The summed E-state index contributed by atoms with van der Waals surface area (Å²) in [4.78, 5) is 54.1. The summed E-state index contributed by atoms with van der Waals surface area (Å²) in [5.41, 5.74) is -1.21. The SMILES string of the molecule is CCCCCCCC(=O)OCC(COC(=O)CCCCCCC)(COC(=O)CCCN(C)C)COC(=O)CCC(CCCC)C(CCCC)CCCC. The Morgan fingerprint density at radius 1 is 0.415 bits per heavy atom. The monoisotopic (exact) mass is 754 g/mol. The Hall–Kier alpha value is -2.16. The van der Waals surface area contributed by atoms with Gasteiger partial charge in [0.15, 0.2) is 0 Å². The van der Waals surface area contributed by atoms with E-state index in [0.29, 0.717) is 24.7 Å². The highest BCUT2D eigenvalue weighted by molar-refractivity contribution is 5.71. The molecule has 0 aliphatic carbocycles. The fourth-order valence-corrected chi connectivity index (χ4v) is 6.69. The summed E-state index contributed by atoms with van der Waals surface area (Å²) < 4.78 is 23.3. The van der Waals surface area contributed by atoms with Crippen molar-refractivity contribution in [3.05, 3.63) is 0 Å². The second-order valence-corrected chi connectivity index (χ2v) is 15.9. The third-order valence-corrected chi connectivity index (χ3v) is 10.3. The summed E-state index contributed by atoms with van der Waals surface area (Å²) in [6.45, 7) is 11.0. The molecule has 0 rings (SSSR count). The summed E-state index contributed by atoms with van der Waals surface area (Å²) in [5.74, 6) is -0.382. The van der Waals surface area contributed by atoms with Crippen LogP contribution in [0.15, 0.2) is 0 Å². The second kappa shape index (κ2) is 34.3. The molecule has 0 aromatic heterocycles.